The number of likely N-dealkylation sites (N-methyl/N-ethyl adjacent to an activating group) is 1. The van der Waals surface area contributed by atoms with Gasteiger partial charge in [-0.1, -0.05) is 12.1 Å². The van der Waals surface area contributed by atoms with Gasteiger partial charge in [0.05, 0.1) is 6.61 Å². The highest BCUT2D eigenvalue weighted by molar-refractivity contribution is 5.84. The number of phenolic OH excluding ortho intramolecular Hbond substituents is 1. The molecule has 4 rings (SSSR count). The molecule has 1 unspecified atom stereocenters. The maximum absolute atomic E-state index is 13.3. The molecule has 3 aromatic rings. The molecule has 1 saturated heterocycles. The second-order valence-corrected chi connectivity index (χ2v) is 7.62. The number of rotatable bonds is 6. The van der Waals surface area contributed by atoms with Crippen molar-refractivity contribution in [2.45, 2.75) is 18.3 Å². The van der Waals surface area contributed by atoms with E-state index in [4.69, 9.17) is 4.74 Å². The number of hydrogen-bond acceptors (Lipinski definition) is 3. The summed E-state index contributed by atoms with van der Waals surface area (Å²) >= 11 is 0. The van der Waals surface area contributed by atoms with Crippen LogP contribution in [0.25, 0.3) is 10.9 Å². The van der Waals surface area contributed by atoms with Crippen LogP contribution in [-0.2, 0) is 16.6 Å². The first-order valence-corrected chi connectivity index (χ1v) is 9.37. The third-order valence-electron chi connectivity index (χ3n) is 5.65. The molecule has 2 N–H and O–H groups in total. The van der Waals surface area contributed by atoms with Crippen molar-refractivity contribution in [3.63, 3.8) is 0 Å². The van der Waals surface area contributed by atoms with Crippen LogP contribution in [0.2, 0.25) is 0 Å². The van der Waals surface area contributed by atoms with Crippen molar-refractivity contribution < 1.29 is 14.2 Å². The van der Waals surface area contributed by atoms with Crippen molar-refractivity contribution >= 4 is 10.9 Å². The van der Waals surface area contributed by atoms with E-state index < -0.39 is 0 Å². The van der Waals surface area contributed by atoms with E-state index >= 15 is 0 Å². The summed E-state index contributed by atoms with van der Waals surface area (Å²) in [6.07, 6.45) is 3.86. The molecule has 5 heteroatoms. The van der Waals surface area contributed by atoms with Crippen LogP contribution >= 0.6 is 0 Å². The maximum atomic E-state index is 13.3. The van der Waals surface area contributed by atoms with Crippen molar-refractivity contribution in [3.05, 3.63) is 65.6 Å². The lowest BCUT2D eigenvalue weighted by Crippen LogP contribution is -2.40. The Morgan fingerprint density at radius 1 is 1.22 bits per heavy atom. The van der Waals surface area contributed by atoms with Crippen LogP contribution in [0.1, 0.15) is 17.5 Å². The SMILES string of the molecule is CN(CCc1c[nH]c2ccc(O)cc12)CC1(c2ccc(F)cc2)CCOC1. The molecule has 0 aliphatic carbocycles. The third-order valence-corrected chi connectivity index (χ3v) is 5.65. The van der Waals surface area contributed by atoms with E-state index in [-0.39, 0.29) is 17.0 Å². The molecular formula is C22H25FN2O2. The highest BCUT2D eigenvalue weighted by atomic mass is 19.1. The molecule has 4 nitrogen and oxygen atoms in total. The Kier molecular flexibility index (Phi) is 4.89. The lowest BCUT2D eigenvalue weighted by Gasteiger charge is -2.33. The molecule has 1 fully saturated rings. The van der Waals surface area contributed by atoms with Gasteiger partial charge in [-0.2, -0.15) is 0 Å². The molecule has 27 heavy (non-hydrogen) atoms. The first kappa shape index (κ1) is 18.0. The monoisotopic (exact) mass is 368 g/mol. The molecule has 1 aliphatic heterocycles. The van der Waals surface area contributed by atoms with E-state index in [1.807, 2.05) is 30.5 Å². The molecule has 1 aliphatic rings. The topological polar surface area (TPSA) is 48.5 Å². The summed E-state index contributed by atoms with van der Waals surface area (Å²) in [5.41, 5.74) is 3.30. The predicted octanol–water partition coefficient (Wildman–Crippen LogP) is 3.85. The van der Waals surface area contributed by atoms with Crippen LogP contribution in [0, 0.1) is 5.82 Å². The Balaban J connectivity index is 1.46. The molecule has 2 aromatic carbocycles. The Morgan fingerprint density at radius 2 is 2.04 bits per heavy atom. The number of nitrogens with zero attached hydrogens (tertiary/aromatic N) is 1. The Bertz CT molecular complexity index is 914. The lowest BCUT2D eigenvalue weighted by atomic mass is 9.79. The summed E-state index contributed by atoms with van der Waals surface area (Å²) in [5.74, 6) is 0.0823. The largest absolute Gasteiger partial charge is 0.508 e. The van der Waals surface area contributed by atoms with Gasteiger partial charge in [0.15, 0.2) is 0 Å². The number of hydrogen-bond donors (Lipinski definition) is 2. The van der Waals surface area contributed by atoms with Gasteiger partial charge in [-0.25, -0.2) is 4.39 Å². The fourth-order valence-corrected chi connectivity index (χ4v) is 4.13. The molecular weight excluding hydrogens is 343 g/mol. The van der Waals surface area contributed by atoms with E-state index in [0.717, 1.165) is 49.0 Å². The van der Waals surface area contributed by atoms with Gasteiger partial charge in [0.25, 0.3) is 0 Å². The number of nitrogens with one attached hydrogen (secondary N) is 1. The molecule has 0 bridgehead atoms. The number of H-pyrrole nitrogens is 1. The fourth-order valence-electron chi connectivity index (χ4n) is 4.13. The number of aromatic amines is 1. The van der Waals surface area contributed by atoms with Gasteiger partial charge in [0, 0.05) is 42.2 Å². The van der Waals surface area contributed by atoms with Gasteiger partial charge in [0.1, 0.15) is 11.6 Å². The quantitative estimate of drug-likeness (QED) is 0.695. The normalized spacial score (nSPS) is 20.0. The molecule has 0 amide bonds. The van der Waals surface area contributed by atoms with E-state index in [0.29, 0.717) is 6.61 Å². The van der Waals surface area contributed by atoms with Gasteiger partial charge in [-0.3, -0.25) is 0 Å². The van der Waals surface area contributed by atoms with E-state index in [1.165, 1.54) is 17.7 Å². The minimum Gasteiger partial charge on any atom is -0.508 e. The zero-order valence-corrected chi connectivity index (χ0v) is 15.5. The first-order valence-electron chi connectivity index (χ1n) is 9.37. The van der Waals surface area contributed by atoms with Crippen LogP contribution in [0.3, 0.4) is 0 Å². The number of phenols is 1. The highest BCUT2D eigenvalue weighted by Gasteiger charge is 2.37. The van der Waals surface area contributed by atoms with Gasteiger partial charge in [0.2, 0.25) is 0 Å². The summed E-state index contributed by atoms with van der Waals surface area (Å²) in [5, 5.41) is 10.8. The Labute approximate surface area is 158 Å². The summed E-state index contributed by atoms with van der Waals surface area (Å²) in [6, 6.07) is 12.3. The van der Waals surface area contributed by atoms with E-state index in [1.54, 1.807) is 6.07 Å². The number of fused-ring (bicyclic) bond motifs is 1. The molecule has 0 spiro atoms. The van der Waals surface area contributed by atoms with Crippen molar-refractivity contribution in [2.75, 3.05) is 33.4 Å². The van der Waals surface area contributed by atoms with Crippen LogP contribution in [0.5, 0.6) is 5.75 Å². The standard InChI is InChI=1S/C22H25FN2O2/c1-25(10-8-16-13-24-21-7-6-19(26)12-20(16)21)14-22(9-11-27-15-22)17-2-4-18(23)5-3-17/h2-7,12-13,24,26H,8-11,14-15H2,1H3. The zero-order valence-electron chi connectivity index (χ0n) is 15.5. The van der Waals surface area contributed by atoms with Crippen LogP contribution in [0.15, 0.2) is 48.7 Å². The Morgan fingerprint density at radius 3 is 2.78 bits per heavy atom. The average Bonchev–Trinajstić information content (AvgIpc) is 3.28. The molecule has 1 atom stereocenters. The van der Waals surface area contributed by atoms with Crippen molar-refractivity contribution in [1.29, 1.82) is 0 Å². The number of aromatic nitrogens is 1. The third kappa shape index (κ3) is 3.70. The summed E-state index contributed by atoms with van der Waals surface area (Å²) in [7, 11) is 2.12. The number of halogens is 1. The molecule has 0 radical (unpaired) electrons. The summed E-state index contributed by atoms with van der Waals surface area (Å²) in [4.78, 5) is 5.58. The highest BCUT2D eigenvalue weighted by Crippen LogP contribution is 2.34. The predicted molar refractivity (Wildman–Crippen MR) is 105 cm³/mol. The van der Waals surface area contributed by atoms with Gasteiger partial charge >= 0.3 is 0 Å². The second kappa shape index (κ2) is 7.33. The van der Waals surface area contributed by atoms with Crippen LogP contribution < -0.4 is 0 Å². The second-order valence-electron chi connectivity index (χ2n) is 7.62. The first-order chi connectivity index (χ1) is 13.1. The summed E-state index contributed by atoms with van der Waals surface area (Å²) < 4.78 is 19.0. The molecule has 0 saturated carbocycles. The minimum atomic E-state index is -0.205. The van der Waals surface area contributed by atoms with E-state index in [9.17, 15) is 9.50 Å². The number of benzene rings is 2. The minimum absolute atomic E-state index is 0.0824. The van der Waals surface area contributed by atoms with Crippen LogP contribution in [0.4, 0.5) is 4.39 Å². The van der Waals surface area contributed by atoms with E-state index in [2.05, 4.69) is 16.9 Å². The summed E-state index contributed by atoms with van der Waals surface area (Å²) in [6.45, 7) is 3.18. The number of ether oxygens (including phenoxy) is 1. The average molecular weight is 368 g/mol. The fraction of sp³-hybridized carbons (Fsp3) is 0.364. The molecule has 1 aromatic heterocycles. The van der Waals surface area contributed by atoms with Gasteiger partial charge < -0.3 is 19.7 Å². The lowest BCUT2D eigenvalue weighted by molar-refractivity contribution is 0.159. The van der Waals surface area contributed by atoms with Gasteiger partial charge in [-0.05, 0) is 61.3 Å². The van der Waals surface area contributed by atoms with Crippen LogP contribution in [-0.4, -0.2) is 48.3 Å². The zero-order chi connectivity index (χ0) is 18.9. The molecule has 142 valence electrons. The van der Waals surface area contributed by atoms with Crippen molar-refractivity contribution in [1.82, 2.24) is 9.88 Å². The van der Waals surface area contributed by atoms with Crippen molar-refractivity contribution in [3.8, 4) is 5.75 Å². The van der Waals surface area contributed by atoms with Crippen molar-refractivity contribution in [2.24, 2.45) is 0 Å². The maximum Gasteiger partial charge on any atom is 0.123 e. The molecule has 2 heterocycles. The Hall–Kier alpha value is -2.37. The van der Waals surface area contributed by atoms with Gasteiger partial charge in [-0.15, -0.1) is 0 Å². The smallest absolute Gasteiger partial charge is 0.123 e. The number of aromatic hydroxyl groups is 1.